The lowest BCUT2D eigenvalue weighted by Crippen LogP contribution is -2.39. The van der Waals surface area contributed by atoms with Gasteiger partial charge in [-0.05, 0) is 43.6 Å². The largest absolute Gasteiger partial charge is 0.328 e. The summed E-state index contributed by atoms with van der Waals surface area (Å²) in [7, 11) is 0. The van der Waals surface area contributed by atoms with Crippen LogP contribution in [0.5, 0.6) is 0 Å². The Morgan fingerprint density at radius 1 is 1.17 bits per heavy atom. The lowest BCUT2D eigenvalue weighted by Gasteiger charge is -2.30. The van der Waals surface area contributed by atoms with Crippen molar-refractivity contribution >= 4 is 10.9 Å². The van der Waals surface area contributed by atoms with Crippen molar-refractivity contribution < 1.29 is 0 Å². The predicted octanol–water partition coefficient (Wildman–Crippen LogP) is 2.16. The van der Waals surface area contributed by atoms with Crippen LogP contribution in [0, 0.1) is 0 Å². The highest BCUT2D eigenvalue weighted by atomic mass is 15.1. The van der Waals surface area contributed by atoms with Crippen molar-refractivity contribution in [1.82, 2.24) is 9.88 Å². The van der Waals surface area contributed by atoms with Gasteiger partial charge >= 0.3 is 0 Å². The summed E-state index contributed by atoms with van der Waals surface area (Å²) < 4.78 is 0. The van der Waals surface area contributed by atoms with E-state index in [9.17, 15) is 0 Å². The maximum atomic E-state index is 5.94. The zero-order valence-electron chi connectivity index (χ0n) is 10.5. The molecule has 1 saturated heterocycles. The van der Waals surface area contributed by atoms with E-state index in [1.165, 1.54) is 10.9 Å². The smallest absolute Gasteiger partial charge is 0.0705 e. The molecule has 0 radical (unpaired) electrons. The summed E-state index contributed by atoms with van der Waals surface area (Å²) in [6, 6.07) is 10.9. The number of benzene rings is 1. The number of nitrogens with zero attached hydrogens (tertiary/aromatic N) is 2. The van der Waals surface area contributed by atoms with E-state index >= 15 is 0 Å². The average Bonchev–Trinajstić information content (AvgIpc) is 2.42. The number of hydrogen-bond donors (Lipinski definition) is 1. The molecule has 0 bridgehead atoms. The van der Waals surface area contributed by atoms with Crippen LogP contribution in [0.1, 0.15) is 18.4 Å². The van der Waals surface area contributed by atoms with Crippen LogP contribution < -0.4 is 5.73 Å². The quantitative estimate of drug-likeness (QED) is 0.876. The highest BCUT2D eigenvalue weighted by molar-refractivity contribution is 5.81. The van der Waals surface area contributed by atoms with E-state index < -0.39 is 0 Å². The van der Waals surface area contributed by atoms with E-state index in [1.54, 1.807) is 0 Å². The summed E-state index contributed by atoms with van der Waals surface area (Å²) in [6.07, 6.45) is 4.14. The normalized spacial score (nSPS) is 18.3. The Bertz CT molecular complexity index is 525. The van der Waals surface area contributed by atoms with E-state index in [0.29, 0.717) is 6.04 Å². The number of likely N-dealkylation sites (tertiary alicyclic amines) is 1. The molecular weight excluding hydrogens is 222 g/mol. The first-order valence-corrected chi connectivity index (χ1v) is 6.63. The molecule has 1 fully saturated rings. The minimum absolute atomic E-state index is 0.399. The van der Waals surface area contributed by atoms with Crippen LogP contribution in [0.25, 0.3) is 10.9 Å². The fraction of sp³-hybridized carbons (Fsp3) is 0.400. The van der Waals surface area contributed by atoms with Crippen LogP contribution in [0.15, 0.2) is 36.5 Å². The molecule has 0 aliphatic carbocycles. The Balaban J connectivity index is 1.82. The molecule has 2 N–H and O–H groups in total. The first-order valence-electron chi connectivity index (χ1n) is 6.63. The van der Waals surface area contributed by atoms with Gasteiger partial charge in [0, 0.05) is 24.2 Å². The van der Waals surface area contributed by atoms with Gasteiger partial charge in [0.25, 0.3) is 0 Å². The van der Waals surface area contributed by atoms with Gasteiger partial charge in [-0.1, -0.05) is 18.2 Å². The third kappa shape index (κ3) is 2.37. The number of piperidine rings is 1. The molecule has 3 heteroatoms. The van der Waals surface area contributed by atoms with Gasteiger partial charge in [0.1, 0.15) is 0 Å². The molecule has 1 aliphatic rings. The molecule has 2 heterocycles. The fourth-order valence-corrected chi connectivity index (χ4v) is 2.64. The lowest BCUT2D eigenvalue weighted by atomic mass is 10.0. The number of pyridine rings is 1. The van der Waals surface area contributed by atoms with Crippen LogP contribution in [-0.2, 0) is 6.54 Å². The second kappa shape index (κ2) is 5.04. The fourth-order valence-electron chi connectivity index (χ4n) is 2.64. The predicted molar refractivity (Wildman–Crippen MR) is 74.2 cm³/mol. The first-order chi connectivity index (χ1) is 8.83. The van der Waals surface area contributed by atoms with Gasteiger partial charge in [-0.3, -0.25) is 9.88 Å². The van der Waals surface area contributed by atoms with E-state index in [0.717, 1.165) is 38.0 Å². The van der Waals surface area contributed by atoms with Crippen molar-refractivity contribution in [2.24, 2.45) is 5.73 Å². The lowest BCUT2D eigenvalue weighted by molar-refractivity contribution is 0.206. The van der Waals surface area contributed by atoms with Gasteiger partial charge in [-0.2, -0.15) is 0 Å². The summed E-state index contributed by atoms with van der Waals surface area (Å²) in [6.45, 7) is 3.23. The minimum atomic E-state index is 0.399. The molecule has 0 spiro atoms. The molecule has 94 valence electrons. The summed E-state index contributed by atoms with van der Waals surface area (Å²) in [4.78, 5) is 6.90. The molecule has 1 aromatic carbocycles. The van der Waals surface area contributed by atoms with Crippen molar-refractivity contribution in [3.05, 3.63) is 42.1 Å². The van der Waals surface area contributed by atoms with Gasteiger partial charge in [-0.25, -0.2) is 0 Å². The summed E-state index contributed by atoms with van der Waals surface area (Å²) in [5.74, 6) is 0. The number of aromatic nitrogens is 1. The Labute approximate surface area is 108 Å². The van der Waals surface area contributed by atoms with Gasteiger partial charge in [0.2, 0.25) is 0 Å². The molecule has 3 nitrogen and oxygen atoms in total. The van der Waals surface area contributed by atoms with Crippen LogP contribution in [0.3, 0.4) is 0 Å². The molecule has 1 aliphatic heterocycles. The minimum Gasteiger partial charge on any atom is -0.328 e. The zero-order chi connectivity index (χ0) is 12.4. The molecule has 18 heavy (non-hydrogen) atoms. The van der Waals surface area contributed by atoms with Crippen LogP contribution in [0.2, 0.25) is 0 Å². The maximum absolute atomic E-state index is 5.94. The van der Waals surface area contributed by atoms with Crippen molar-refractivity contribution in [2.45, 2.75) is 25.4 Å². The molecule has 3 rings (SSSR count). The van der Waals surface area contributed by atoms with Crippen molar-refractivity contribution in [3.63, 3.8) is 0 Å². The molecule has 1 aromatic heterocycles. The monoisotopic (exact) mass is 241 g/mol. The van der Waals surface area contributed by atoms with E-state index in [2.05, 4.69) is 34.1 Å². The molecular formula is C15H19N3. The van der Waals surface area contributed by atoms with Gasteiger partial charge < -0.3 is 5.73 Å². The SMILES string of the molecule is NC1CCN(Cc2ccnc3ccccc23)CC1. The van der Waals surface area contributed by atoms with Crippen molar-refractivity contribution in [3.8, 4) is 0 Å². The second-order valence-corrected chi connectivity index (χ2v) is 5.10. The molecule has 0 unspecified atom stereocenters. The molecule has 0 amide bonds. The number of rotatable bonds is 2. The Morgan fingerprint density at radius 2 is 1.94 bits per heavy atom. The van der Waals surface area contributed by atoms with Crippen LogP contribution in [-0.4, -0.2) is 29.0 Å². The third-order valence-electron chi connectivity index (χ3n) is 3.77. The Morgan fingerprint density at radius 3 is 2.78 bits per heavy atom. The van der Waals surface area contributed by atoms with Crippen molar-refractivity contribution in [2.75, 3.05) is 13.1 Å². The number of hydrogen-bond acceptors (Lipinski definition) is 3. The van der Waals surface area contributed by atoms with Crippen LogP contribution in [0.4, 0.5) is 0 Å². The summed E-state index contributed by atoms with van der Waals surface area (Å²) in [5, 5.41) is 1.27. The third-order valence-corrected chi connectivity index (χ3v) is 3.77. The number of para-hydroxylation sites is 1. The summed E-state index contributed by atoms with van der Waals surface area (Å²) in [5.41, 5.74) is 8.40. The number of fused-ring (bicyclic) bond motifs is 1. The van der Waals surface area contributed by atoms with E-state index in [1.807, 2.05) is 12.3 Å². The standard InChI is InChI=1S/C15H19N3/c16-13-6-9-18(10-7-13)11-12-5-8-17-15-4-2-1-3-14(12)15/h1-5,8,13H,6-7,9-11,16H2. The van der Waals surface area contributed by atoms with E-state index in [4.69, 9.17) is 5.73 Å². The zero-order valence-corrected chi connectivity index (χ0v) is 10.5. The topological polar surface area (TPSA) is 42.1 Å². The second-order valence-electron chi connectivity index (χ2n) is 5.10. The van der Waals surface area contributed by atoms with Crippen LogP contribution >= 0.6 is 0 Å². The number of nitrogens with two attached hydrogens (primary N) is 1. The highest BCUT2D eigenvalue weighted by Crippen LogP contribution is 2.19. The Hall–Kier alpha value is -1.45. The highest BCUT2D eigenvalue weighted by Gasteiger charge is 2.16. The van der Waals surface area contributed by atoms with Gasteiger partial charge in [0.05, 0.1) is 5.52 Å². The molecule has 2 aromatic rings. The molecule has 0 atom stereocenters. The summed E-state index contributed by atoms with van der Waals surface area (Å²) >= 11 is 0. The van der Waals surface area contributed by atoms with Gasteiger partial charge in [-0.15, -0.1) is 0 Å². The molecule has 0 saturated carbocycles. The first kappa shape index (κ1) is 11.6. The average molecular weight is 241 g/mol. The van der Waals surface area contributed by atoms with Crippen molar-refractivity contribution in [1.29, 1.82) is 0 Å². The maximum Gasteiger partial charge on any atom is 0.0705 e. The van der Waals surface area contributed by atoms with E-state index in [-0.39, 0.29) is 0 Å². The Kier molecular flexibility index (Phi) is 3.26. The van der Waals surface area contributed by atoms with Gasteiger partial charge in [0.15, 0.2) is 0 Å².